The molecule has 0 fully saturated rings. The molecule has 0 radical (unpaired) electrons. The van der Waals surface area contributed by atoms with E-state index in [2.05, 4.69) is 38.2 Å². The van der Waals surface area contributed by atoms with Crippen LogP contribution >= 0.6 is 7.82 Å². The first-order valence-corrected chi connectivity index (χ1v) is 21.8. The Hall–Kier alpha value is -1.51. The van der Waals surface area contributed by atoms with Crippen LogP contribution in [0.3, 0.4) is 0 Å². The number of ether oxygens (including phenoxy) is 2. The van der Waals surface area contributed by atoms with Gasteiger partial charge < -0.3 is 20.1 Å². The summed E-state index contributed by atoms with van der Waals surface area (Å²) >= 11 is 0. The number of carbonyl (C=O) groups is 2. The van der Waals surface area contributed by atoms with Gasteiger partial charge in [0.15, 0.2) is 6.10 Å². The Bertz CT molecular complexity index is 881. The summed E-state index contributed by atoms with van der Waals surface area (Å²) < 4.78 is 32.7. The average Bonchev–Trinajstić information content (AvgIpc) is 3.10. The maximum atomic E-state index is 12.5. The van der Waals surface area contributed by atoms with Crippen LogP contribution in [-0.2, 0) is 32.7 Å². The predicted molar refractivity (Wildman–Crippen MR) is 206 cm³/mol. The monoisotopic (exact) mass is 730 g/mol. The van der Waals surface area contributed by atoms with Crippen molar-refractivity contribution in [3.05, 3.63) is 24.3 Å². The third-order valence-electron chi connectivity index (χ3n) is 8.56. The van der Waals surface area contributed by atoms with Crippen molar-refractivity contribution in [2.75, 3.05) is 26.4 Å². The van der Waals surface area contributed by atoms with Crippen molar-refractivity contribution < 1.29 is 37.6 Å². The molecule has 0 aromatic heterocycles. The summed E-state index contributed by atoms with van der Waals surface area (Å²) in [6.45, 7) is 3.69. The Morgan fingerprint density at radius 2 is 0.980 bits per heavy atom. The number of phosphoric acid groups is 1. The quantitative estimate of drug-likeness (QED) is 0.0275. The Morgan fingerprint density at radius 1 is 0.580 bits per heavy atom. The molecular weight excluding hydrogens is 653 g/mol. The highest BCUT2D eigenvalue weighted by molar-refractivity contribution is 7.47. The van der Waals surface area contributed by atoms with E-state index < -0.39 is 32.5 Å². The van der Waals surface area contributed by atoms with Crippen LogP contribution in [0.4, 0.5) is 0 Å². The van der Waals surface area contributed by atoms with Crippen molar-refractivity contribution in [3.8, 4) is 0 Å². The van der Waals surface area contributed by atoms with Crippen LogP contribution in [0.25, 0.3) is 0 Å². The third kappa shape index (κ3) is 36.3. The van der Waals surface area contributed by atoms with Crippen LogP contribution < -0.4 is 5.73 Å². The minimum atomic E-state index is -4.37. The number of phosphoric ester groups is 1. The molecule has 294 valence electrons. The van der Waals surface area contributed by atoms with Crippen LogP contribution in [0.5, 0.6) is 0 Å². The van der Waals surface area contributed by atoms with Crippen LogP contribution in [0.1, 0.15) is 187 Å². The van der Waals surface area contributed by atoms with Crippen molar-refractivity contribution >= 4 is 19.8 Å². The first kappa shape index (κ1) is 48.5. The number of hydrogen-bond donors (Lipinski definition) is 2. The lowest BCUT2D eigenvalue weighted by Crippen LogP contribution is -2.29. The van der Waals surface area contributed by atoms with Gasteiger partial charge in [0.1, 0.15) is 6.61 Å². The second-order valence-electron chi connectivity index (χ2n) is 13.5. The lowest BCUT2D eigenvalue weighted by Gasteiger charge is -2.19. The molecule has 0 aliphatic heterocycles. The number of unbranched alkanes of at least 4 members (excludes halogenated alkanes) is 21. The largest absolute Gasteiger partial charge is 0.472 e. The van der Waals surface area contributed by atoms with E-state index in [0.29, 0.717) is 6.42 Å². The van der Waals surface area contributed by atoms with E-state index >= 15 is 0 Å². The summed E-state index contributed by atoms with van der Waals surface area (Å²) in [6.07, 6.45) is 37.8. The molecule has 2 atom stereocenters. The van der Waals surface area contributed by atoms with Crippen LogP contribution in [0.2, 0.25) is 0 Å². The van der Waals surface area contributed by atoms with Crippen LogP contribution in [-0.4, -0.2) is 49.3 Å². The first-order chi connectivity index (χ1) is 24.3. The Morgan fingerprint density at radius 3 is 1.44 bits per heavy atom. The molecule has 1 unspecified atom stereocenters. The van der Waals surface area contributed by atoms with Gasteiger partial charge in [-0.15, -0.1) is 0 Å². The normalized spacial score (nSPS) is 13.6. The van der Waals surface area contributed by atoms with E-state index in [1.54, 1.807) is 0 Å². The molecule has 0 aromatic rings. The van der Waals surface area contributed by atoms with Crippen molar-refractivity contribution in [1.82, 2.24) is 0 Å². The van der Waals surface area contributed by atoms with Crippen molar-refractivity contribution in [1.29, 1.82) is 0 Å². The molecule has 0 bridgehead atoms. The summed E-state index contributed by atoms with van der Waals surface area (Å²) in [5, 5.41) is 0. The molecule has 0 saturated carbocycles. The minimum Gasteiger partial charge on any atom is -0.462 e. The van der Waals surface area contributed by atoms with E-state index in [-0.39, 0.29) is 32.6 Å². The van der Waals surface area contributed by atoms with Crippen molar-refractivity contribution in [2.24, 2.45) is 5.73 Å². The van der Waals surface area contributed by atoms with E-state index in [4.69, 9.17) is 24.3 Å². The van der Waals surface area contributed by atoms with Gasteiger partial charge in [-0.25, -0.2) is 4.57 Å². The standard InChI is InChI=1S/C40H76NO8P/c1-3-5-7-9-11-13-15-17-19-21-23-25-27-29-31-33-40(43)49-38(37-48-50(44,45)47-35-34-41)36-46-39(42)32-30-28-26-24-22-20-18-16-14-12-10-8-6-4-2/h16,18,21,23,38H,3-15,17,19-20,22,24-37,41H2,1-2H3,(H,44,45)/b18-16+,23-21+/t38-/m1/s1. The minimum absolute atomic E-state index is 0.0509. The molecule has 50 heavy (non-hydrogen) atoms. The number of rotatable bonds is 38. The molecule has 0 amide bonds. The van der Waals surface area contributed by atoms with Crippen LogP contribution in [0, 0.1) is 0 Å². The summed E-state index contributed by atoms with van der Waals surface area (Å²) in [5.41, 5.74) is 5.33. The first-order valence-electron chi connectivity index (χ1n) is 20.3. The number of nitrogens with two attached hydrogens (primary N) is 1. The number of carbonyl (C=O) groups excluding carboxylic acids is 2. The topological polar surface area (TPSA) is 134 Å². The van der Waals surface area contributed by atoms with Gasteiger partial charge in [-0.05, 0) is 64.2 Å². The molecule has 3 N–H and O–H groups in total. The van der Waals surface area contributed by atoms with E-state index in [1.807, 2.05) is 0 Å². The van der Waals surface area contributed by atoms with Gasteiger partial charge in [0.25, 0.3) is 0 Å². The second kappa shape index (κ2) is 37.3. The summed E-state index contributed by atoms with van der Waals surface area (Å²) in [4.78, 5) is 34.7. The summed E-state index contributed by atoms with van der Waals surface area (Å²) in [6, 6.07) is 0. The average molecular weight is 730 g/mol. The molecular formula is C40H76NO8P. The fourth-order valence-electron chi connectivity index (χ4n) is 5.51. The Balaban J connectivity index is 4.22. The van der Waals surface area contributed by atoms with Gasteiger partial charge in [-0.3, -0.25) is 18.6 Å². The molecule has 0 saturated heterocycles. The number of allylic oxidation sites excluding steroid dienone is 4. The zero-order valence-electron chi connectivity index (χ0n) is 32.1. The van der Waals surface area contributed by atoms with E-state index in [9.17, 15) is 19.0 Å². The molecule has 0 heterocycles. The second-order valence-corrected chi connectivity index (χ2v) is 14.9. The maximum Gasteiger partial charge on any atom is 0.472 e. The molecule has 0 aliphatic rings. The van der Waals surface area contributed by atoms with Crippen molar-refractivity contribution in [2.45, 2.75) is 193 Å². The zero-order chi connectivity index (χ0) is 36.8. The molecule has 0 aliphatic carbocycles. The molecule has 0 rings (SSSR count). The van der Waals surface area contributed by atoms with Gasteiger partial charge >= 0.3 is 19.8 Å². The van der Waals surface area contributed by atoms with Gasteiger partial charge in [-0.2, -0.15) is 0 Å². The van der Waals surface area contributed by atoms with Gasteiger partial charge in [0, 0.05) is 19.4 Å². The molecule has 10 heteroatoms. The van der Waals surface area contributed by atoms with Crippen LogP contribution in [0.15, 0.2) is 24.3 Å². The maximum absolute atomic E-state index is 12.5. The lowest BCUT2D eigenvalue weighted by atomic mass is 10.1. The summed E-state index contributed by atoms with van der Waals surface area (Å²) in [7, 11) is -4.37. The fourth-order valence-corrected chi connectivity index (χ4v) is 6.27. The zero-order valence-corrected chi connectivity index (χ0v) is 33.0. The van der Waals surface area contributed by atoms with Gasteiger partial charge in [-0.1, -0.05) is 134 Å². The smallest absolute Gasteiger partial charge is 0.462 e. The fraction of sp³-hybridized carbons (Fsp3) is 0.850. The third-order valence-corrected chi connectivity index (χ3v) is 9.54. The van der Waals surface area contributed by atoms with Crippen molar-refractivity contribution in [3.63, 3.8) is 0 Å². The number of esters is 2. The Labute approximate surface area is 306 Å². The lowest BCUT2D eigenvalue weighted by molar-refractivity contribution is -0.161. The molecule has 0 spiro atoms. The molecule has 0 aromatic carbocycles. The SMILES string of the molecule is CCCCCCC/C=C/CCCCCCCC(=O)OC[C@H](COP(=O)(O)OCCN)OC(=O)CCCCC/C=C/CCCCCCCCCC. The van der Waals surface area contributed by atoms with E-state index in [1.165, 1.54) is 89.9 Å². The highest BCUT2D eigenvalue weighted by Gasteiger charge is 2.25. The van der Waals surface area contributed by atoms with Gasteiger partial charge in [0.05, 0.1) is 13.2 Å². The predicted octanol–water partition coefficient (Wildman–Crippen LogP) is 11.2. The number of hydrogen-bond acceptors (Lipinski definition) is 8. The summed E-state index contributed by atoms with van der Waals surface area (Å²) in [5.74, 6) is -0.854. The molecule has 9 nitrogen and oxygen atoms in total. The highest BCUT2D eigenvalue weighted by Crippen LogP contribution is 2.43. The Kier molecular flexibility index (Phi) is 36.1. The van der Waals surface area contributed by atoms with Gasteiger partial charge in [0.2, 0.25) is 0 Å². The highest BCUT2D eigenvalue weighted by atomic mass is 31.2. The van der Waals surface area contributed by atoms with E-state index in [0.717, 1.165) is 64.2 Å².